The van der Waals surface area contributed by atoms with E-state index in [1.807, 2.05) is 56.3 Å². The quantitative estimate of drug-likeness (QED) is 0.750. The SMILES string of the molecule is CC(C)Oc1cccc(-c2nc3ccc(Br)cc3[nH]2)c1. The third kappa shape index (κ3) is 2.70. The van der Waals surface area contributed by atoms with Gasteiger partial charge in [0, 0.05) is 10.0 Å². The first kappa shape index (κ1) is 13.2. The van der Waals surface area contributed by atoms with Crippen molar-refractivity contribution in [3.05, 3.63) is 46.9 Å². The Morgan fingerprint density at radius 3 is 2.80 bits per heavy atom. The number of fused-ring (bicyclic) bond motifs is 1. The zero-order valence-corrected chi connectivity index (χ0v) is 12.9. The molecule has 0 aliphatic carbocycles. The van der Waals surface area contributed by atoms with Crippen molar-refractivity contribution >= 4 is 27.0 Å². The highest BCUT2D eigenvalue weighted by Gasteiger charge is 2.07. The number of halogens is 1. The van der Waals surface area contributed by atoms with Crippen LogP contribution in [0.25, 0.3) is 22.4 Å². The summed E-state index contributed by atoms with van der Waals surface area (Å²) in [5, 5.41) is 0. The second kappa shape index (κ2) is 5.29. The highest BCUT2D eigenvalue weighted by Crippen LogP contribution is 2.25. The van der Waals surface area contributed by atoms with Crippen molar-refractivity contribution in [2.75, 3.05) is 0 Å². The fourth-order valence-electron chi connectivity index (χ4n) is 2.11. The molecule has 1 aromatic heterocycles. The van der Waals surface area contributed by atoms with E-state index < -0.39 is 0 Å². The predicted molar refractivity (Wildman–Crippen MR) is 85.0 cm³/mol. The van der Waals surface area contributed by atoms with Gasteiger partial charge in [-0.15, -0.1) is 0 Å². The van der Waals surface area contributed by atoms with Gasteiger partial charge in [0.1, 0.15) is 11.6 Å². The van der Waals surface area contributed by atoms with Crippen LogP contribution in [0.2, 0.25) is 0 Å². The van der Waals surface area contributed by atoms with Crippen molar-refractivity contribution in [3.8, 4) is 17.1 Å². The Hall–Kier alpha value is -1.81. The zero-order valence-electron chi connectivity index (χ0n) is 11.4. The molecule has 0 saturated heterocycles. The van der Waals surface area contributed by atoms with Crippen LogP contribution in [0, 0.1) is 0 Å². The van der Waals surface area contributed by atoms with Crippen LogP contribution in [-0.2, 0) is 0 Å². The van der Waals surface area contributed by atoms with Crippen molar-refractivity contribution in [1.29, 1.82) is 0 Å². The van der Waals surface area contributed by atoms with Crippen molar-refractivity contribution < 1.29 is 4.74 Å². The molecule has 1 heterocycles. The lowest BCUT2D eigenvalue weighted by Gasteiger charge is -2.10. The number of imidazole rings is 1. The van der Waals surface area contributed by atoms with E-state index in [0.717, 1.165) is 32.6 Å². The van der Waals surface area contributed by atoms with Crippen LogP contribution in [0.1, 0.15) is 13.8 Å². The van der Waals surface area contributed by atoms with Crippen LogP contribution >= 0.6 is 15.9 Å². The van der Waals surface area contributed by atoms with Gasteiger partial charge in [-0.3, -0.25) is 0 Å². The Labute approximate surface area is 126 Å². The normalized spacial score (nSPS) is 11.2. The molecule has 3 nitrogen and oxygen atoms in total. The molecule has 0 fully saturated rings. The minimum Gasteiger partial charge on any atom is -0.491 e. The Kier molecular flexibility index (Phi) is 3.49. The van der Waals surface area contributed by atoms with Gasteiger partial charge in [0.25, 0.3) is 0 Å². The minimum atomic E-state index is 0.164. The maximum absolute atomic E-state index is 5.72. The Bertz CT molecular complexity index is 749. The summed E-state index contributed by atoms with van der Waals surface area (Å²) in [5.41, 5.74) is 3.00. The van der Waals surface area contributed by atoms with Crippen LogP contribution in [-0.4, -0.2) is 16.1 Å². The van der Waals surface area contributed by atoms with E-state index in [0.29, 0.717) is 0 Å². The van der Waals surface area contributed by atoms with E-state index in [-0.39, 0.29) is 6.10 Å². The number of hydrogen-bond acceptors (Lipinski definition) is 2. The Balaban J connectivity index is 2.01. The van der Waals surface area contributed by atoms with E-state index in [1.54, 1.807) is 0 Å². The summed E-state index contributed by atoms with van der Waals surface area (Å²) in [5.74, 6) is 1.71. The number of H-pyrrole nitrogens is 1. The largest absolute Gasteiger partial charge is 0.491 e. The average Bonchev–Trinajstić information content (AvgIpc) is 2.81. The second-order valence-electron chi connectivity index (χ2n) is 4.94. The molecule has 3 aromatic rings. The summed E-state index contributed by atoms with van der Waals surface area (Å²) in [6.45, 7) is 4.04. The van der Waals surface area contributed by atoms with Gasteiger partial charge in [-0.2, -0.15) is 0 Å². The number of nitrogens with one attached hydrogen (secondary N) is 1. The number of rotatable bonds is 3. The van der Waals surface area contributed by atoms with E-state index in [9.17, 15) is 0 Å². The second-order valence-corrected chi connectivity index (χ2v) is 5.86. The van der Waals surface area contributed by atoms with Crippen LogP contribution in [0.3, 0.4) is 0 Å². The lowest BCUT2D eigenvalue weighted by molar-refractivity contribution is 0.242. The van der Waals surface area contributed by atoms with Gasteiger partial charge >= 0.3 is 0 Å². The van der Waals surface area contributed by atoms with Crippen LogP contribution in [0.15, 0.2) is 46.9 Å². The molecule has 0 unspecified atom stereocenters. The molecular weight excluding hydrogens is 316 g/mol. The predicted octanol–water partition coefficient (Wildman–Crippen LogP) is 4.78. The summed E-state index contributed by atoms with van der Waals surface area (Å²) in [4.78, 5) is 7.95. The maximum Gasteiger partial charge on any atom is 0.138 e. The molecule has 0 aliphatic heterocycles. The van der Waals surface area contributed by atoms with Gasteiger partial charge in [-0.05, 0) is 44.2 Å². The first-order chi connectivity index (χ1) is 9.61. The van der Waals surface area contributed by atoms with E-state index in [4.69, 9.17) is 4.74 Å². The standard InChI is InChI=1S/C16H15BrN2O/c1-10(2)20-13-5-3-4-11(8-13)16-18-14-7-6-12(17)9-15(14)19-16/h3-10H,1-2H3,(H,18,19). The van der Waals surface area contributed by atoms with Crippen LogP contribution < -0.4 is 4.74 Å². The van der Waals surface area contributed by atoms with Gasteiger partial charge in [-0.25, -0.2) is 4.98 Å². The van der Waals surface area contributed by atoms with Crippen molar-refractivity contribution in [2.45, 2.75) is 20.0 Å². The molecule has 2 aromatic carbocycles. The highest BCUT2D eigenvalue weighted by molar-refractivity contribution is 9.10. The fourth-order valence-corrected chi connectivity index (χ4v) is 2.47. The average molecular weight is 331 g/mol. The summed E-state index contributed by atoms with van der Waals surface area (Å²) in [7, 11) is 0. The van der Waals surface area contributed by atoms with Gasteiger partial charge in [-0.1, -0.05) is 28.1 Å². The third-order valence-corrected chi connectivity index (χ3v) is 3.42. The molecule has 0 aliphatic rings. The molecule has 0 atom stereocenters. The molecule has 0 amide bonds. The molecular formula is C16H15BrN2O. The van der Waals surface area contributed by atoms with Crippen LogP contribution in [0.5, 0.6) is 5.75 Å². The third-order valence-electron chi connectivity index (χ3n) is 2.92. The lowest BCUT2D eigenvalue weighted by Crippen LogP contribution is -2.05. The molecule has 3 rings (SSSR count). The number of aromatic amines is 1. The molecule has 4 heteroatoms. The smallest absolute Gasteiger partial charge is 0.138 e. The lowest BCUT2D eigenvalue weighted by atomic mass is 10.2. The highest BCUT2D eigenvalue weighted by atomic mass is 79.9. The minimum absolute atomic E-state index is 0.164. The van der Waals surface area contributed by atoms with Gasteiger partial charge in [0.2, 0.25) is 0 Å². The first-order valence-corrected chi connectivity index (χ1v) is 7.33. The van der Waals surface area contributed by atoms with E-state index >= 15 is 0 Å². The summed E-state index contributed by atoms with van der Waals surface area (Å²) in [6, 6.07) is 14.0. The summed E-state index contributed by atoms with van der Waals surface area (Å²) in [6.07, 6.45) is 0.164. The van der Waals surface area contributed by atoms with Gasteiger partial charge in [0.15, 0.2) is 0 Å². The van der Waals surface area contributed by atoms with E-state index in [1.165, 1.54) is 0 Å². The molecule has 20 heavy (non-hydrogen) atoms. The van der Waals surface area contributed by atoms with Gasteiger partial charge in [0.05, 0.1) is 17.1 Å². The van der Waals surface area contributed by atoms with Gasteiger partial charge < -0.3 is 9.72 Å². The van der Waals surface area contributed by atoms with Crippen LogP contribution in [0.4, 0.5) is 0 Å². The number of ether oxygens (including phenoxy) is 1. The summed E-state index contributed by atoms with van der Waals surface area (Å²) < 4.78 is 6.76. The topological polar surface area (TPSA) is 37.9 Å². The molecule has 0 saturated carbocycles. The Morgan fingerprint density at radius 2 is 2.00 bits per heavy atom. The number of hydrogen-bond donors (Lipinski definition) is 1. The fraction of sp³-hybridized carbons (Fsp3) is 0.188. The first-order valence-electron chi connectivity index (χ1n) is 6.54. The molecule has 1 N–H and O–H groups in total. The van der Waals surface area contributed by atoms with Crippen molar-refractivity contribution in [1.82, 2.24) is 9.97 Å². The molecule has 102 valence electrons. The molecule has 0 radical (unpaired) electrons. The van der Waals surface area contributed by atoms with Crippen molar-refractivity contribution in [2.24, 2.45) is 0 Å². The number of aromatic nitrogens is 2. The molecule has 0 bridgehead atoms. The zero-order chi connectivity index (χ0) is 14.1. The van der Waals surface area contributed by atoms with E-state index in [2.05, 4.69) is 25.9 Å². The summed E-state index contributed by atoms with van der Waals surface area (Å²) >= 11 is 3.47. The number of nitrogens with zero attached hydrogens (tertiary/aromatic N) is 1. The monoisotopic (exact) mass is 330 g/mol. The maximum atomic E-state index is 5.72. The molecule has 0 spiro atoms. The Morgan fingerprint density at radius 1 is 1.15 bits per heavy atom. The van der Waals surface area contributed by atoms with Crippen molar-refractivity contribution in [3.63, 3.8) is 0 Å². The number of benzene rings is 2.